The van der Waals surface area contributed by atoms with Crippen molar-refractivity contribution in [2.45, 2.75) is 38.9 Å². The van der Waals surface area contributed by atoms with Crippen LogP contribution in [0.3, 0.4) is 0 Å². The van der Waals surface area contributed by atoms with Gasteiger partial charge in [0.05, 0.1) is 11.2 Å². The molecule has 1 heterocycles. The minimum atomic E-state index is -0.444. The van der Waals surface area contributed by atoms with Gasteiger partial charge in [-0.3, -0.25) is 0 Å². The minimum absolute atomic E-state index is 0.412. The van der Waals surface area contributed by atoms with Gasteiger partial charge in [0.1, 0.15) is 0 Å². The molecule has 200 valence electrons. The molecule has 0 amide bonds. The van der Waals surface area contributed by atoms with E-state index in [1.807, 2.05) is 0 Å². The molecule has 0 saturated carbocycles. The predicted octanol–water partition coefficient (Wildman–Crippen LogP) is 9.29. The molecule has 3 heteroatoms. The zero-order chi connectivity index (χ0) is 28.2. The first-order chi connectivity index (χ1) is 19.8. The van der Waals surface area contributed by atoms with Crippen LogP contribution >= 0.6 is 0 Å². The molecule has 1 aliphatic heterocycles. The molecule has 6 aromatic carbocycles. The molecule has 1 fully saturated rings. The highest BCUT2D eigenvalue weighted by atomic mass is 16.7. The summed E-state index contributed by atoms with van der Waals surface area (Å²) in [6, 6.07) is 45.9. The highest BCUT2D eigenvalue weighted by Gasteiger charge is 2.51. The Balaban J connectivity index is 1.38. The topological polar surface area (TPSA) is 18.5 Å². The lowest BCUT2D eigenvalue weighted by Gasteiger charge is -2.32. The Morgan fingerprint density at radius 3 is 1.68 bits per heavy atom. The molecule has 0 N–H and O–H groups in total. The zero-order valence-electron chi connectivity index (χ0n) is 24.0. The number of benzene rings is 6. The lowest BCUT2D eigenvalue weighted by atomic mass is 9.76. The lowest BCUT2D eigenvalue weighted by Crippen LogP contribution is -2.41. The Bertz CT molecular complexity index is 1890. The molecule has 0 atom stereocenters. The first kappa shape index (κ1) is 25.8. The van der Waals surface area contributed by atoms with Gasteiger partial charge in [0, 0.05) is 0 Å². The first-order valence-electron chi connectivity index (χ1n) is 14.4. The molecular weight excluding hydrogens is 499 g/mol. The average molecular weight is 532 g/mol. The SMILES string of the molecule is CC1(C)OB(c2cc(-c3cccc(-c4ccccc4)c3)cc(-c3ccc4c(ccc5ccccc54)c3)c2)OC1(C)C. The van der Waals surface area contributed by atoms with Crippen LogP contribution in [0.4, 0.5) is 0 Å². The summed E-state index contributed by atoms with van der Waals surface area (Å²) in [6.07, 6.45) is 0. The molecule has 0 spiro atoms. The third-order valence-corrected chi connectivity index (χ3v) is 8.86. The Labute approximate surface area is 242 Å². The number of hydrogen-bond donors (Lipinski definition) is 0. The van der Waals surface area contributed by atoms with Crippen molar-refractivity contribution < 1.29 is 9.31 Å². The van der Waals surface area contributed by atoms with Gasteiger partial charge in [-0.1, -0.05) is 109 Å². The molecule has 1 aliphatic rings. The molecule has 0 bridgehead atoms. The van der Waals surface area contributed by atoms with Crippen LogP contribution in [0.2, 0.25) is 0 Å². The third kappa shape index (κ3) is 4.66. The Hall–Kier alpha value is -4.18. The average Bonchev–Trinajstić information content (AvgIpc) is 3.23. The second-order valence-corrected chi connectivity index (χ2v) is 12.1. The molecule has 7 rings (SSSR count). The highest BCUT2D eigenvalue weighted by molar-refractivity contribution is 6.62. The fraction of sp³-hybridized carbons (Fsp3) is 0.158. The van der Waals surface area contributed by atoms with Gasteiger partial charge in [-0.25, -0.2) is 0 Å². The van der Waals surface area contributed by atoms with Crippen molar-refractivity contribution in [2.24, 2.45) is 0 Å². The molecule has 0 aromatic heterocycles. The summed E-state index contributed by atoms with van der Waals surface area (Å²) in [7, 11) is -0.444. The van der Waals surface area contributed by atoms with Crippen LogP contribution in [-0.2, 0) is 9.31 Å². The molecule has 41 heavy (non-hydrogen) atoms. The van der Waals surface area contributed by atoms with Crippen LogP contribution in [0.5, 0.6) is 0 Å². The van der Waals surface area contributed by atoms with E-state index in [0.717, 1.165) is 22.2 Å². The smallest absolute Gasteiger partial charge is 0.399 e. The van der Waals surface area contributed by atoms with Crippen LogP contribution in [0.1, 0.15) is 27.7 Å². The van der Waals surface area contributed by atoms with Gasteiger partial charge >= 0.3 is 7.12 Å². The van der Waals surface area contributed by atoms with Crippen molar-refractivity contribution in [1.29, 1.82) is 0 Å². The Kier molecular flexibility index (Phi) is 6.12. The standard InChI is InChI=1S/C38H33BO2/c1-37(2)38(3,4)41-39(40-37)34-24-32(29-15-10-14-28(21-29)26-11-6-5-7-12-26)23-33(25-34)30-19-20-36-31(22-30)18-17-27-13-8-9-16-35(27)36/h5-25H,1-4H3. The fourth-order valence-electron chi connectivity index (χ4n) is 5.80. The molecule has 0 radical (unpaired) electrons. The van der Waals surface area contributed by atoms with Crippen molar-refractivity contribution in [3.8, 4) is 33.4 Å². The van der Waals surface area contributed by atoms with E-state index < -0.39 is 18.3 Å². The van der Waals surface area contributed by atoms with Gasteiger partial charge in [-0.15, -0.1) is 0 Å². The minimum Gasteiger partial charge on any atom is -0.399 e. The van der Waals surface area contributed by atoms with Gasteiger partial charge in [0.15, 0.2) is 0 Å². The summed E-state index contributed by atoms with van der Waals surface area (Å²) >= 11 is 0. The summed E-state index contributed by atoms with van der Waals surface area (Å²) in [5, 5.41) is 5.04. The van der Waals surface area contributed by atoms with Crippen LogP contribution in [0.15, 0.2) is 127 Å². The van der Waals surface area contributed by atoms with E-state index in [4.69, 9.17) is 9.31 Å². The monoisotopic (exact) mass is 532 g/mol. The molecule has 6 aromatic rings. The van der Waals surface area contributed by atoms with E-state index in [1.165, 1.54) is 38.2 Å². The second kappa shape index (κ2) is 9.73. The molecule has 1 saturated heterocycles. The van der Waals surface area contributed by atoms with E-state index in [2.05, 4.69) is 155 Å². The van der Waals surface area contributed by atoms with Gasteiger partial charge in [-0.05, 0) is 106 Å². The highest BCUT2D eigenvalue weighted by Crippen LogP contribution is 2.38. The van der Waals surface area contributed by atoms with Gasteiger partial charge in [0.2, 0.25) is 0 Å². The quantitative estimate of drug-likeness (QED) is 0.166. The lowest BCUT2D eigenvalue weighted by molar-refractivity contribution is 0.00578. The maximum atomic E-state index is 6.52. The fourth-order valence-corrected chi connectivity index (χ4v) is 5.80. The van der Waals surface area contributed by atoms with Crippen LogP contribution in [0.25, 0.3) is 54.9 Å². The van der Waals surface area contributed by atoms with Crippen LogP contribution < -0.4 is 5.46 Å². The normalized spacial score (nSPS) is 16.0. The van der Waals surface area contributed by atoms with Crippen molar-refractivity contribution in [3.63, 3.8) is 0 Å². The molecule has 0 unspecified atom stereocenters. The number of rotatable bonds is 4. The second-order valence-electron chi connectivity index (χ2n) is 12.1. The Morgan fingerprint density at radius 2 is 0.951 bits per heavy atom. The Morgan fingerprint density at radius 1 is 0.415 bits per heavy atom. The maximum Gasteiger partial charge on any atom is 0.494 e. The molecule has 2 nitrogen and oxygen atoms in total. The van der Waals surface area contributed by atoms with Crippen molar-refractivity contribution in [1.82, 2.24) is 0 Å². The van der Waals surface area contributed by atoms with Crippen molar-refractivity contribution >= 4 is 34.1 Å². The van der Waals surface area contributed by atoms with E-state index in [1.54, 1.807) is 0 Å². The van der Waals surface area contributed by atoms with Gasteiger partial charge < -0.3 is 9.31 Å². The summed E-state index contributed by atoms with van der Waals surface area (Å²) in [6.45, 7) is 8.42. The zero-order valence-corrected chi connectivity index (χ0v) is 24.0. The molecular formula is C38H33BO2. The number of hydrogen-bond acceptors (Lipinski definition) is 2. The number of fused-ring (bicyclic) bond motifs is 3. The summed E-state index contributed by atoms with van der Waals surface area (Å²) in [5.41, 5.74) is 7.23. The summed E-state index contributed by atoms with van der Waals surface area (Å²) in [5.74, 6) is 0. The largest absolute Gasteiger partial charge is 0.494 e. The predicted molar refractivity (Wildman–Crippen MR) is 173 cm³/mol. The van der Waals surface area contributed by atoms with Crippen molar-refractivity contribution in [2.75, 3.05) is 0 Å². The summed E-state index contributed by atoms with van der Waals surface area (Å²) in [4.78, 5) is 0. The summed E-state index contributed by atoms with van der Waals surface area (Å²) < 4.78 is 13.0. The van der Waals surface area contributed by atoms with Gasteiger partial charge in [-0.2, -0.15) is 0 Å². The van der Waals surface area contributed by atoms with E-state index in [-0.39, 0.29) is 0 Å². The first-order valence-corrected chi connectivity index (χ1v) is 14.4. The van der Waals surface area contributed by atoms with E-state index in [0.29, 0.717) is 0 Å². The molecule has 0 aliphatic carbocycles. The third-order valence-electron chi connectivity index (χ3n) is 8.86. The maximum absolute atomic E-state index is 6.52. The van der Waals surface area contributed by atoms with Crippen LogP contribution in [-0.4, -0.2) is 18.3 Å². The van der Waals surface area contributed by atoms with Crippen LogP contribution in [0, 0.1) is 0 Å². The van der Waals surface area contributed by atoms with Crippen molar-refractivity contribution in [3.05, 3.63) is 127 Å². The van der Waals surface area contributed by atoms with E-state index >= 15 is 0 Å². The van der Waals surface area contributed by atoms with E-state index in [9.17, 15) is 0 Å². The van der Waals surface area contributed by atoms with Gasteiger partial charge in [0.25, 0.3) is 0 Å².